The highest BCUT2D eigenvalue weighted by Gasteiger charge is 2.33. The molecule has 2 aromatic rings. The molecule has 1 unspecified atom stereocenters. The third-order valence-electron chi connectivity index (χ3n) is 5.58. The van der Waals surface area contributed by atoms with Gasteiger partial charge in [0.05, 0.1) is 11.6 Å². The van der Waals surface area contributed by atoms with Gasteiger partial charge in [-0.3, -0.25) is 4.90 Å². The number of nitrogens with zero attached hydrogens (tertiary/aromatic N) is 6. The van der Waals surface area contributed by atoms with Gasteiger partial charge in [-0.2, -0.15) is 0 Å². The summed E-state index contributed by atoms with van der Waals surface area (Å²) in [6.07, 6.45) is 0.921. The van der Waals surface area contributed by atoms with Crippen LogP contribution in [0, 0.1) is 5.82 Å². The Labute approximate surface area is 155 Å². The lowest BCUT2D eigenvalue weighted by molar-refractivity contribution is 0.105. The van der Waals surface area contributed by atoms with E-state index in [4.69, 9.17) is 0 Å². The van der Waals surface area contributed by atoms with Crippen LogP contribution in [0.4, 0.5) is 4.39 Å². The van der Waals surface area contributed by atoms with Crippen LogP contribution in [0.3, 0.4) is 0 Å². The van der Waals surface area contributed by atoms with Gasteiger partial charge in [0.2, 0.25) is 0 Å². The topological polar surface area (TPSA) is 50.1 Å². The van der Waals surface area contributed by atoms with Crippen molar-refractivity contribution in [2.24, 2.45) is 0 Å². The Balaban J connectivity index is 1.99. The first-order chi connectivity index (χ1) is 12.5. The van der Waals surface area contributed by atoms with Crippen LogP contribution < -0.4 is 0 Å². The molecule has 26 heavy (non-hydrogen) atoms. The van der Waals surface area contributed by atoms with Gasteiger partial charge >= 0.3 is 0 Å². The van der Waals surface area contributed by atoms with Crippen LogP contribution in [0.2, 0.25) is 0 Å². The first-order valence-corrected chi connectivity index (χ1v) is 9.47. The fraction of sp³-hybridized carbons (Fsp3) is 0.632. The second kappa shape index (κ2) is 7.80. The summed E-state index contributed by atoms with van der Waals surface area (Å²) in [5.41, 5.74) is 0.849. The number of hydrogen-bond donors (Lipinski definition) is 0. The average molecular weight is 360 g/mol. The molecule has 0 saturated carbocycles. The molecule has 1 aromatic carbocycles. The van der Waals surface area contributed by atoms with Crippen LogP contribution in [0.25, 0.3) is 0 Å². The molecule has 7 heteroatoms. The van der Waals surface area contributed by atoms with E-state index in [1.54, 1.807) is 0 Å². The maximum atomic E-state index is 13.5. The lowest BCUT2D eigenvalue weighted by atomic mass is 9.99. The summed E-state index contributed by atoms with van der Waals surface area (Å²) in [7, 11) is 0. The molecular formula is C19H29FN6. The van der Waals surface area contributed by atoms with Crippen molar-refractivity contribution >= 4 is 0 Å². The molecule has 1 atom stereocenters. The molecule has 0 spiro atoms. The smallest absolute Gasteiger partial charge is 0.173 e. The number of piperazine rings is 1. The fourth-order valence-corrected chi connectivity index (χ4v) is 3.45. The van der Waals surface area contributed by atoms with Crippen LogP contribution in [0.5, 0.6) is 0 Å². The largest absolute Gasteiger partial charge is 0.301 e. The molecule has 0 N–H and O–H groups in total. The van der Waals surface area contributed by atoms with Crippen molar-refractivity contribution in [1.82, 2.24) is 30.0 Å². The highest BCUT2D eigenvalue weighted by Crippen LogP contribution is 2.31. The average Bonchev–Trinajstić information content (AvgIpc) is 3.14. The van der Waals surface area contributed by atoms with Gasteiger partial charge in [0.1, 0.15) is 5.82 Å². The van der Waals surface area contributed by atoms with Gasteiger partial charge in [-0.25, -0.2) is 9.07 Å². The summed E-state index contributed by atoms with van der Waals surface area (Å²) >= 11 is 0. The highest BCUT2D eigenvalue weighted by molar-refractivity contribution is 5.26. The van der Waals surface area contributed by atoms with Gasteiger partial charge in [0, 0.05) is 26.2 Å². The molecule has 1 aliphatic rings. The van der Waals surface area contributed by atoms with E-state index in [1.807, 2.05) is 16.8 Å². The molecule has 1 aromatic heterocycles. The predicted octanol–water partition coefficient (Wildman–Crippen LogP) is 2.68. The van der Waals surface area contributed by atoms with Crippen molar-refractivity contribution in [3.8, 4) is 0 Å². The third kappa shape index (κ3) is 3.78. The van der Waals surface area contributed by atoms with Gasteiger partial charge in [-0.1, -0.05) is 26.0 Å². The molecule has 0 aliphatic carbocycles. The molecule has 3 rings (SSSR count). The van der Waals surface area contributed by atoms with Crippen molar-refractivity contribution < 1.29 is 4.39 Å². The fourth-order valence-electron chi connectivity index (χ4n) is 3.45. The zero-order chi connectivity index (χ0) is 18.7. The zero-order valence-corrected chi connectivity index (χ0v) is 16.2. The Morgan fingerprint density at radius 1 is 1.08 bits per heavy atom. The third-order valence-corrected chi connectivity index (χ3v) is 5.58. The van der Waals surface area contributed by atoms with Crippen molar-refractivity contribution in [2.45, 2.75) is 45.7 Å². The predicted molar refractivity (Wildman–Crippen MR) is 99.4 cm³/mol. The van der Waals surface area contributed by atoms with Crippen LogP contribution in [0.15, 0.2) is 24.3 Å². The number of likely N-dealkylation sites (N-methyl/N-ethyl adjacent to an activating group) is 1. The normalized spacial score (nSPS) is 18.2. The number of benzene rings is 1. The van der Waals surface area contributed by atoms with Gasteiger partial charge in [0.25, 0.3) is 0 Å². The SMILES string of the molecule is CCN1CCN(C(c2ccc(F)cc2)c2nnnn2C(C)(C)CC)CC1. The first kappa shape index (κ1) is 18.9. The molecule has 0 radical (unpaired) electrons. The maximum Gasteiger partial charge on any atom is 0.173 e. The summed E-state index contributed by atoms with van der Waals surface area (Å²) in [4.78, 5) is 4.85. The Morgan fingerprint density at radius 3 is 2.31 bits per heavy atom. The molecule has 1 fully saturated rings. The minimum absolute atomic E-state index is 0.0737. The van der Waals surface area contributed by atoms with Gasteiger partial charge in [-0.15, -0.1) is 5.10 Å². The quantitative estimate of drug-likeness (QED) is 0.793. The lowest BCUT2D eigenvalue weighted by Gasteiger charge is -2.39. The summed E-state index contributed by atoms with van der Waals surface area (Å²) in [5.74, 6) is 0.602. The van der Waals surface area contributed by atoms with Gasteiger partial charge in [0.15, 0.2) is 5.82 Å². The van der Waals surface area contributed by atoms with E-state index in [2.05, 4.69) is 53.0 Å². The van der Waals surface area contributed by atoms with E-state index in [1.165, 1.54) is 12.1 Å². The summed E-state index contributed by atoms with van der Waals surface area (Å²) in [5, 5.41) is 12.7. The van der Waals surface area contributed by atoms with Crippen molar-refractivity contribution in [1.29, 1.82) is 0 Å². The number of halogens is 1. The molecule has 0 bridgehead atoms. The molecule has 1 saturated heterocycles. The van der Waals surface area contributed by atoms with E-state index in [9.17, 15) is 4.39 Å². The van der Waals surface area contributed by atoms with E-state index >= 15 is 0 Å². The van der Waals surface area contributed by atoms with Crippen LogP contribution in [0.1, 0.15) is 51.5 Å². The van der Waals surface area contributed by atoms with E-state index < -0.39 is 0 Å². The molecule has 0 amide bonds. The first-order valence-electron chi connectivity index (χ1n) is 9.47. The van der Waals surface area contributed by atoms with Crippen LogP contribution in [-0.2, 0) is 5.54 Å². The van der Waals surface area contributed by atoms with Crippen LogP contribution >= 0.6 is 0 Å². The van der Waals surface area contributed by atoms with Crippen LogP contribution in [-0.4, -0.2) is 62.7 Å². The zero-order valence-electron chi connectivity index (χ0n) is 16.2. The Hall–Kier alpha value is -1.86. The Bertz CT molecular complexity index is 703. The minimum atomic E-state index is -0.225. The number of rotatable bonds is 6. The monoisotopic (exact) mass is 360 g/mol. The molecular weight excluding hydrogens is 331 g/mol. The second-order valence-electron chi connectivity index (χ2n) is 7.54. The highest BCUT2D eigenvalue weighted by atomic mass is 19.1. The summed E-state index contributed by atoms with van der Waals surface area (Å²) in [6, 6.07) is 6.66. The van der Waals surface area contributed by atoms with E-state index in [-0.39, 0.29) is 17.4 Å². The molecule has 142 valence electrons. The Morgan fingerprint density at radius 2 is 1.73 bits per heavy atom. The van der Waals surface area contributed by atoms with Crippen molar-refractivity contribution in [2.75, 3.05) is 32.7 Å². The van der Waals surface area contributed by atoms with E-state index in [0.717, 1.165) is 50.5 Å². The summed E-state index contributed by atoms with van der Waals surface area (Å²) in [6.45, 7) is 13.6. The lowest BCUT2D eigenvalue weighted by Crippen LogP contribution is -2.48. The molecule has 2 heterocycles. The summed E-state index contributed by atoms with van der Waals surface area (Å²) < 4.78 is 15.4. The van der Waals surface area contributed by atoms with Crippen molar-refractivity contribution in [3.63, 3.8) is 0 Å². The number of aromatic nitrogens is 4. The van der Waals surface area contributed by atoms with E-state index in [0.29, 0.717) is 0 Å². The molecule has 1 aliphatic heterocycles. The maximum absolute atomic E-state index is 13.5. The number of hydrogen-bond acceptors (Lipinski definition) is 5. The standard InChI is InChI=1S/C19H29FN6/c1-5-19(3,4)26-18(21-22-23-26)17(15-7-9-16(20)10-8-15)25-13-11-24(6-2)12-14-25/h7-10,17H,5-6,11-14H2,1-4H3. The van der Waals surface area contributed by atoms with Crippen molar-refractivity contribution in [3.05, 3.63) is 41.5 Å². The Kier molecular flexibility index (Phi) is 5.67. The second-order valence-corrected chi connectivity index (χ2v) is 7.54. The minimum Gasteiger partial charge on any atom is -0.301 e. The van der Waals surface area contributed by atoms with Gasteiger partial charge < -0.3 is 4.90 Å². The number of tetrazole rings is 1. The molecule has 6 nitrogen and oxygen atoms in total. The van der Waals surface area contributed by atoms with Gasteiger partial charge in [-0.05, 0) is 54.9 Å².